The molecular formula is C17H16ClF3N2O3. The number of nitrogen functional groups attached to an aromatic ring is 1. The third kappa shape index (κ3) is 5.03. The lowest BCUT2D eigenvalue weighted by atomic mass is 10.1. The molecule has 0 bridgehead atoms. The van der Waals surface area contributed by atoms with Crippen molar-refractivity contribution < 1.29 is 27.8 Å². The van der Waals surface area contributed by atoms with Crippen LogP contribution in [0, 0.1) is 0 Å². The number of anilines is 2. The Morgan fingerprint density at radius 2 is 1.85 bits per heavy atom. The molecule has 0 saturated carbocycles. The Kier molecular flexibility index (Phi) is 5.68. The monoisotopic (exact) mass is 388 g/mol. The van der Waals surface area contributed by atoms with Gasteiger partial charge >= 0.3 is 6.18 Å². The molecule has 0 saturated heterocycles. The predicted molar refractivity (Wildman–Crippen MR) is 92.1 cm³/mol. The molecule has 0 heterocycles. The van der Waals surface area contributed by atoms with E-state index in [-0.39, 0.29) is 5.69 Å². The van der Waals surface area contributed by atoms with Crippen molar-refractivity contribution in [1.29, 1.82) is 0 Å². The predicted octanol–water partition coefficient (Wildman–Crippen LogP) is 3.71. The average molecular weight is 389 g/mol. The van der Waals surface area contributed by atoms with Gasteiger partial charge in [-0.05, 0) is 49.4 Å². The molecule has 9 heteroatoms. The van der Waals surface area contributed by atoms with Gasteiger partial charge in [0.25, 0.3) is 5.91 Å². The molecule has 0 radical (unpaired) electrons. The molecule has 0 aliphatic rings. The number of rotatable bonds is 5. The summed E-state index contributed by atoms with van der Waals surface area (Å²) < 4.78 is 43.9. The Hall–Kier alpha value is -2.45. The van der Waals surface area contributed by atoms with Crippen LogP contribution in [0.4, 0.5) is 24.5 Å². The zero-order chi connectivity index (χ0) is 19.5. The van der Waals surface area contributed by atoms with Crippen molar-refractivity contribution in [3.05, 3.63) is 53.1 Å². The molecule has 1 atom stereocenters. The van der Waals surface area contributed by atoms with Crippen LogP contribution in [-0.2, 0) is 11.0 Å². The Morgan fingerprint density at radius 1 is 1.23 bits per heavy atom. The molecule has 0 aliphatic carbocycles. The summed E-state index contributed by atoms with van der Waals surface area (Å²) in [5.74, 6) is -0.557. The van der Waals surface area contributed by atoms with E-state index in [9.17, 15) is 23.1 Å². The summed E-state index contributed by atoms with van der Waals surface area (Å²) in [5.41, 5.74) is 1.63. The second kappa shape index (κ2) is 7.43. The van der Waals surface area contributed by atoms with Gasteiger partial charge in [-0.2, -0.15) is 13.2 Å². The fourth-order valence-corrected chi connectivity index (χ4v) is 2.09. The lowest BCUT2D eigenvalue weighted by Crippen LogP contribution is -2.45. The van der Waals surface area contributed by atoms with E-state index in [0.717, 1.165) is 6.07 Å². The Bertz CT molecular complexity index is 793. The summed E-state index contributed by atoms with van der Waals surface area (Å²) in [6.07, 6.45) is -4.66. The maximum Gasteiger partial charge on any atom is 0.418 e. The van der Waals surface area contributed by atoms with Crippen molar-refractivity contribution in [3.63, 3.8) is 0 Å². The largest absolute Gasteiger partial charge is 0.490 e. The van der Waals surface area contributed by atoms with Gasteiger partial charge in [-0.15, -0.1) is 0 Å². The molecule has 2 rings (SSSR count). The molecule has 0 fully saturated rings. The quantitative estimate of drug-likeness (QED) is 0.682. The minimum absolute atomic E-state index is 0.150. The van der Waals surface area contributed by atoms with Gasteiger partial charge in [0.15, 0.2) is 5.60 Å². The summed E-state index contributed by atoms with van der Waals surface area (Å²) in [6, 6.07) is 9.16. The molecule has 2 aromatic rings. The van der Waals surface area contributed by atoms with Gasteiger partial charge in [0.2, 0.25) is 0 Å². The Labute approximate surface area is 152 Å². The minimum Gasteiger partial charge on any atom is -0.490 e. The van der Waals surface area contributed by atoms with Gasteiger partial charge in [0.05, 0.1) is 5.56 Å². The molecule has 26 heavy (non-hydrogen) atoms. The van der Waals surface area contributed by atoms with Crippen LogP contribution in [0.2, 0.25) is 5.02 Å². The molecule has 1 amide bonds. The number of halogens is 4. The second-order valence-electron chi connectivity index (χ2n) is 5.77. The molecule has 140 valence electrons. The van der Waals surface area contributed by atoms with Crippen molar-refractivity contribution in [1.82, 2.24) is 0 Å². The van der Waals surface area contributed by atoms with Crippen LogP contribution in [0.15, 0.2) is 42.5 Å². The summed E-state index contributed by atoms with van der Waals surface area (Å²) in [4.78, 5) is 12.2. The first-order valence-electron chi connectivity index (χ1n) is 7.38. The Morgan fingerprint density at radius 3 is 2.42 bits per heavy atom. The zero-order valence-electron chi connectivity index (χ0n) is 13.6. The maximum absolute atomic E-state index is 12.9. The van der Waals surface area contributed by atoms with E-state index in [4.69, 9.17) is 22.1 Å². The van der Waals surface area contributed by atoms with Gasteiger partial charge in [0, 0.05) is 16.4 Å². The highest BCUT2D eigenvalue weighted by Crippen LogP contribution is 2.35. The van der Waals surface area contributed by atoms with E-state index in [0.29, 0.717) is 16.8 Å². The number of hydrogen-bond acceptors (Lipinski definition) is 4. The third-order valence-corrected chi connectivity index (χ3v) is 3.69. The maximum atomic E-state index is 12.9. The van der Waals surface area contributed by atoms with Crippen molar-refractivity contribution in [2.45, 2.75) is 18.7 Å². The van der Waals surface area contributed by atoms with Crippen LogP contribution in [0.1, 0.15) is 12.5 Å². The van der Waals surface area contributed by atoms with Crippen molar-refractivity contribution >= 4 is 28.9 Å². The standard InChI is InChI=1S/C17H16ClF3N2O3/c1-16(25,9-26-12-5-2-10(18)3-6-12)15(24)23-11-4-7-14(22)13(8-11)17(19,20)21/h2-8,25H,9,22H2,1H3,(H,23,24)/t16-/m0/s1. The Balaban J connectivity index is 2.06. The number of nitrogens with one attached hydrogen (secondary N) is 1. The fourth-order valence-electron chi connectivity index (χ4n) is 1.97. The first-order valence-corrected chi connectivity index (χ1v) is 7.76. The van der Waals surface area contributed by atoms with Crippen LogP contribution >= 0.6 is 11.6 Å². The van der Waals surface area contributed by atoms with Gasteiger partial charge < -0.3 is 20.9 Å². The van der Waals surface area contributed by atoms with Crippen LogP contribution < -0.4 is 15.8 Å². The number of amides is 1. The highest BCUT2D eigenvalue weighted by atomic mass is 35.5. The highest BCUT2D eigenvalue weighted by Gasteiger charge is 2.35. The first-order chi connectivity index (χ1) is 12.0. The van der Waals surface area contributed by atoms with E-state index in [1.54, 1.807) is 24.3 Å². The number of hydrogen-bond donors (Lipinski definition) is 3. The van der Waals surface area contributed by atoms with E-state index in [2.05, 4.69) is 5.32 Å². The van der Waals surface area contributed by atoms with E-state index in [1.807, 2.05) is 0 Å². The highest BCUT2D eigenvalue weighted by molar-refractivity contribution is 6.30. The average Bonchev–Trinajstić information content (AvgIpc) is 2.55. The number of carbonyl (C=O) groups is 1. The molecular weight excluding hydrogens is 373 g/mol. The summed E-state index contributed by atoms with van der Waals surface area (Å²) >= 11 is 5.74. The van der Waals surface area contributed by atoms with E-state index < -0.39 is 35.5 Å². The zero-order valence-corrected chi connectivity index (χ0v) is 14.4. The molecule has 0 aromatic heterocycles. The topological polar surface area (TPSA) is 84.6 Å². The SMILES string of the molecule is C[C@](O)(COc1ccc(Cl)cc1)C(=O)Nc1ccc(N)c(C(F)(F)F)c1. The third-order valence-electron chi connectivity index (χ3n) is 3.44. The summed E-state index contributed by atoms with van der Waals surface area (Å²) in [7, 11) is 0. The number of alkyl halides is 3. The lowest BCUT2D eigenvalue weighted by molar-refractivity contribution is -0.137. The molecule has 2 aromatic carbocycles. The van der Waals surface area contributed by atoms with Crippen LogP contribution in [0.25, 0.3) is 0 Å². The molecule has 5 nitrogen and oxygen atoms in total. The first kappa shape index (κ1) is 19.9. The fraction of sp³-hybridized carbons (Fsp3) is 0.235. The normalized spacial score (nSPS) is 13.8. The van der Waals surface area contributed by atoms with Gasteiger partial charge in [-0.25, -0.2) is 0 Å². The summed E-state index contributed by atoms with van der Waals surface area (Å²) in [6.45, 7) is 0.766. The van der Waals surface area contributed by atoms with Crippen molar-refractivity contribution in [2.75, 3.05) is 17.7 Å². The number of ether oxygens (including phenoxy) is 1. The van der Waals surface area contributed by atoms with Crippen molar-refractivity contribution in [2.24, 2.45) is 0 Å². The molecule has 0 unspecified atom stereocenters. The number of aliphatic hydroxyl groups is 1. The molecule has 0 aliphatic heterocycles. The van der Waals surface area contributed by atoms with Crippen LogP contribution in [0.5, 0.6) is 5.75 Å². The minimum atomic E-state index is -4.66. The van der Waals surface area contributed by atoms with Crippen LogP contribution in [-0.4, -0.2) is 23.2 Å². The lowest BCUT2D eigenvalue weighted by Gasteiger charge is -2.23. The number of carbonyl (C=O) groups excluding carboxylic acids is 1. The summed E-state index contributed by atoms with van der Waals surface area (Å²) in [5, 5.41) is 12.9. The number of nitrogens with two attached hydrogens (primary N) is 1. The van der Waals surface area contributed by atoms with Crippen LogP contribution in [0.3, 0.4) is 0 Å². The van der Waals surface area contributed by atoms with E-state index in [1.165, 1.54) is 13.0 Å². The smallest absolute Gasteiger partial charge is 0.418 e. The van der Waals surface area contributed by atoms with Gasteiger partial charge in [-0.3, -0.25) is 4.79 Å². The van der Waals surface area contributed by atoms with Crippen molar-refractivity contribution in [3.8, 4) is 5.75 Å². The molecule has 4 N–H and O–H groups in total. The second-order valence-corrected chi connectivity index (χ2v) is 6.21. The van der Waals surface area contributed by atoms with Gasteiger partial charge in [0.1, 0.15) is 12.4 Å². The van der Waals surface area contributed by atoms with Gasteiger partial charge in [-0.1, -0.05) is 11.6 Å². The number of benzene rings is 2. The molecule has 0 spiro atoms. The van der Waals surface area contributed by atoms with E-state index >= 15 is 0 Å².